The Bertz CT molecular complexity index is 693. The van der Waals surface area contributed by atoms with Gasteiger partial charge >= 0.3 is 0 Å². The number of carbonyl (C=O) groups is 2. The molecular formula is C18H25N3O3. The molecule has 3 N–H and O–H groups in total. The number of hydrogen-bond donors (Lipinski definition) is 3. The molecule has 1 atom stereocenters. The Balaban J connectivity index is 2.26. The van der Waals surface area contributed by atoms with Crippen molar-refractivity contribution in [3.05, 3.63) is 35.2 Å². The van der Waals surface area contributed by atoms with Crippen molar-refractivity contribution in [2.75, 3.05) is 19.4 Å². The van der Waals surface area contributed by atoms with Crippen molar-refractivity contribution in [2.24, 2.45) is 5.92 Å². The number of anilines is 1. The van der Waals surface area contributed by atoms with Crippen molar-refractivity contribution in [1.29, 1.82) is 0 Å². The van der Waals surface area contributed by atoms with Crippen molar-refractivity contribution in [3.8, 4) is 5.75 Å². The predicted molar refractivity (Wildman–Crippen MR) is 93.8 cm³/mol. The molecule has 1 aliphatic rings. The minimum Gasteiger partial charge on any atom is -0.505 e. The third-order valence-electron chi connectivity index (χ3n) is 4.25. The first-order valence-electron chi connectivity index (χ1n) is 8.06. The summed E-state index contributed by atoms with van der Waals surface area (Å²) in [5.41, 5.74) is 1.84. The lowest BCUT2D eigenvalue weighted by Crippen LogP contribution is -2.39. The molecule has 130 valence electrons. The van der Waals surface area contributed by atoms with Crippen LogP contribution in [0.2, 0.25) is 0 Å². The fourth-order valence-electron chi connectivity index (χ4n) is 2.30. The number of benzene rings is 1. The summed E-state index contributed by atoms with van der Waals surface area (Å²) in [6.07, 6.45) is 0.358. The number of para-hydroxylation sites is 1. The SMILES string of the molecule is CC(C)[C@@H](C)NC1=C(Nc2cccc(C(=O)N(C)C)c2O)C(=O)C1. The number of allylic oxidation sites excluding steroid dienone is 2. The maximum absolute atomic E-state index is 12.1. The lowest BCUT2D eigenvalue weighted by Gasteiger charge is -2.29. The first-order chi connectivity index (χ1) is 11.2. The average Bonchev–Trinajstić information content (AvgIpc) is 2.52. The monoisotopic (exact) mass is 331 g/mol. The minimum atomic E-state index is -0.295. The van der Waals surface area contributed by atoms with Crippen LogP contribution in [-0.4, -0.2) is 41.8 Å². The highest BCUT2D eigenvalue weighted by Crippen LogP contribution is 2.32. The molecule has 0 fully saturated rings. The summed E-state index contributed by atoms with van der Waals surface area (Å²) in [5.74, 6) is -0.0300. The molecule has 0 saturated heterocycles. The van der Waals surface area contributed by atoms with Gasteiger partial charge in [0.25, 0.3) is 5.91 Å². The number of nitrogens with one attached hydrogen (secondary N) is 2. The van der Waals surface area contributed by atoms with Crippen molar-refractivity contribution in [1.82, 2.24) is 10.2 Å². The van der Waals surface area contributed by atoms with E-state index in [9.17, 15) is 14.7 Å². The van der Waals surface area contributed by atoms with Crippen molar-refractivity contribution >= 4 is 17.4 Å². The smallest absolute Gasteiger partial charge is 0.257 e. The van der Waals surface area contributed by atoms with Crippen LogP contribution >= 0.6 is 0 Å². The number of amides is 1. The van der Waals surface area contributed by atoms with Crippen LogP contribution in [-0.2, 0) is 4.79 Å². The predicted octanol–water partition coefficient (Wildman–Crippen LogP) is 2.32. The molecule has 0 unspecified atom stereocenters. The van der Waals surface area contributed by atoms with Crippen LogP contribution in [0.25, 0.3) is 0 Å². The third kappa shape index (κ3) is 3.53. The van der Waals surface area contributed by atoms with Gasteiger partial charge in [-0.15, -0.1) is 0 Å². The fraction of sp³-hybridized carbons (Fsp3) is 0.444. The van der Waals surface area contributed by atoms with Gasteiger partial charge in [-0.2, -0.15) is 0 Å². The molecule has 0 aliphatic heterocycles. The summed E-state index contributed by atoms with van der Waals surface area (Å²) >= 11 is 0. The van der Waals surface area contributed by atoms with E-state index in [4.69, 9.17) is 0 Å². The summed E-state index contributed by atoms with van der Waals surface area (Å²) in [7, 11) is 3.24. The summed E-state index contributed by atoms with van der Waals surface area (Å²) in [4.78, 5) is 25.4. The first-order valence-corrected chi connectivity index (χ1v) is 8.06. The second-order valence-electron chi connectivity index (χ2n) is 6.66. The number of ketones is 1. The van der Waals surface area contributed by atoms with Crippen LogP contribution < -0.4 is 10.6 Å². The number of rotatable bonds is 6. The van der Waals surface area contributed by atoms with Gasteiger partial charge in [0.05, 0.1) is 17.7 Å². The largest absolute Gasteiger partial charge is 0.505 e. The van der Waals surface area contributed by atoms with Gasteiger partial charge in [0.15, 0.2) is 11.5 Å². The number of nitrogens with zero attached hydrogens (tertiary/aromatic N) is 1. The number of phenols is 1. The van der Waals surface area contributed by atoms with Crippen molar-refractivity contribution in [3.63, 3.8) is 0 Å². The molecule has 2 rings (SSSR count). The van der Waals surface area contributed by atoms with E-state index in [1.54, 1.807) is 32.3 Å². The highest BCUT2D eigenvalue weighted by atomic mass is 16.3. The van der Waals surface area contributed by atoms with Gasteiger partial charge in [0.1, 0.15) is 5.70 Å². The molecule has 0 spiro atoms. The zero-order valence-electron chi connectivity index (χ0n) is 14.8. The topological polar surface area (TPSA) is 81.7 Å². The number of aromatic hydroxyl groups is 1. The molecular weight excluding hydrogens is 306 g/mol. The van der Waals surface area contributed by atoms with E-state index in [0.717, 1.165) is 5.70 Å². The van der Waals surface area contributed by atoms with Crippen LogP contribution in [0.1, 0.15) is 37.6 Å². The quantitative estimate of drug-likeness (QED) is 0.697. The highest BCUT2D eigenvalue weighted by Gasteiger charge is 2.29. The van der Waals surface area contributed by atoms with E-state index in [1.807, 2.05) is 0 Å². The fourth-order valence-corrected chi connectivity index (χ4v) is 2.30. The number of hydrogen-bond acceptors (Lipinski definition) is 5. The summed E-state index contributed by atoms with van der Waals surface area (Å²) in [5, 5.41) is 16.7. The van der Waals surface area contributed by atoms with Crippen LogP contribution in [0.3, 0.4) is 0 Å². The Hall–Kier alpha value is -2.50. The zero-order valence-corrected chi connectivity index (χ0v) is 14.8. The number of carbonyl (C=O) groups excluding carboxylic acids is 2. The Morgan fingerprint density at radius 1 is 1.25 bits per heavy atom. The second kappa shape index (κ2) is 6.95. The molecule has 6 heteroatoms. The molecule has 6 nitrogen and oxygen atoms in total. The summed E-state index contributed by atoms with van der Waals surface area (Å²) in [6, 6.07) is 5.11. The molecule has 0 aromatic heterocycles. The van der Waals surface area contributed by atoms with Gasteiger partial charge in [-0.1, -0.05) is 19.9 Å². The van der Waals surface area contributed by atoms with Gasteiger partial charge in [0, 0.05) is 25.8 Å². The Morgan fingerprint density at radius 3 is 2.46 bits per heavy atom. The minimum absolute atomic E-state index is 0.0165. The molecule has 1 amide bonds. The molecule has 0 heterocycles. The Morgan fingerprint density at radius 2 is 1.92 bits per heavy atom. The second-order valence-corrected chi connectivity index (χ2v) is 6.66. The first kappa shape index (κ1) is 17.8. The molecule has 1 aromatic carbocycles. The van der Waals surface area contributed by atoms with E-state index in [-0.39, 0.29) is 29.0 Å². The lowest BCUT2D eigenvalue weighted by atomic mass is 9.96. The maximum atomic E-state index is 12.1. The number of Topliss-reactive ketones (excluding diaryl/α,β-unsaturated/α-hetero) is 1. The third-order valence-corrected chi connectivity index (χ3v) is 4.25. The molecule has 1 aliphatic carbocycles. The van der Waals surface area contributed by atoms with Crippen molar-refractivity contribution in [2.45, 2.75) is 33.2 Å². The van der Waals surface area contributed by atoms with Crippen LogP contribution in [0.4, 0.5) is 5.69 Å². The molecule has 1 aromatic rings. The van der Waals surface area contributed by atoms with Gasteiger partial charge < -0.3 is 20.6 Å². The Labute approximate surface area is 142 Å². The zero-order chi connectivity index (χ0) is 18.0. The van der Waals surface area contributed by atoms with Crippen LogP contribution in [0, 0.1) is 5.92 Å². The van der Waals surface area contributed by atoms with Gasteiger partial charge in [-0.25, -0.2) is 0 Å². The van der Waals surface area contributed by atoms with E-state index >= 15 is 0 Å². The van der Waals surface area contributed by atoms with Gasteiger partial charge in [-0.3, -0.25) is 9.59 Å². The van der Waals surface area contributed by atoms with Gasteiger partial charge in [0.2, 0.25) is 0 Å². The molecule has 0 radical (unpaired) electrons. The normalized spacial score (nSPS) is 15.2. The van der Waals surface area contributed by atoms with E-state index in [0.29, 0.717) is 23.7 Å². The highest BCUT2D eigenvalue weighted by molar-refractivity contribution is 6.07. The van der Waals surface area contributed by atoms with Crippen LogP contribution in [0.15, 0.2) is 29.6 Å². The summed E-state index contributed by atoms with van der Waals surface area (Å²) < 4.78 is 0. The Kier molecular flexibility index (Phi) is 5.17. The standard InChI is InChI=1S/C18H25N3O3/c1-10(2)11(3)19-14-9-15(22)16(14)20-13-8-6-7-12(17(13)23)18(24)21(4)5/h6-8,10-11,19-20,23H,9H2,1-5H3/t11-/m1/s1. The van der Waals surface area contributed by atoms with E-state index in [1.165, 1.54) is 4.90 Å². The molecule has 0 saturated carbocycles. The van der Waals surface area contributed by atoms with Gasteiger partial charge in [-0.05, 0) is 25.0 Å². The van der Waals surface area contributed by atoms with Crippen LogP contribution in [0.5, 0.6) is 5.75 Å². The maximum Gasteiger partial charge on any atom is 0.257 e. The number of phenolic OH excluding ortho intramolecular Hbond substituents is 1. The van der Waals surface area contributed by atoms with E-state index in [2.05, 4.69) is 31.4 Å². The summed E-state index contributed by atoms with van der Waals surface area (Å²) in [6.45, 7) is 6.27. The average molecular weight is 331 g/mol. The molecule has 0 bridgehead atoms. The molecule has 24 heavy (non-hydrogen) atoms. The van der Waals surface area contributed by atoms with Crippen molar-refractivity contribution < 1.29 is 14.7 Å². The lowest BCUT2D eigenvalue weighted by molar-refractivity contribution is -0.116. The van der Waals surface area contributed by atoms with E-state index < -0.39 is 0 Å².